The molecule has 0 saturated carbocycles. The summed E-state index contributed by atoms with van der Waals surface area (Å²) in [6.45, 7) is 6.70. The maximum Gasteiger partial charge on any atom is 0.332 e. The quantitative estimate of drug-likeness (QED) is 0.573. The average molecular weight is 246 g/mol. The van der Waals surface area contributed by atoms with Gasteiger partial charge in [0.15, 0.2) is 0 Å². The van der Waals surface area contributed by atoms with E-state index in [2.05, 4.69) is 0 Å². The van der Waals surface area contributed by atoms with E-state index in [1.54, 1.807) is 27.7 Å². The van der Waals surface area contributed by atoms with E-state index in [0.717, 1.165) is 0 Å². The first-order valence-corrected chi connectivity index (χ1v) is 4.49. The van der Waals surface area contributed by atoms with Gasteiger partial charge in [-0.25, -0.2) is 9.59 Å². The fourth-order valence-corrected chi connectivity index (χ4v) is 1.35. The Morgan fingerprint density at radius 2 is 0.938 bits per heavy atom. The van der Waals surface area contributed by atoms with Crippen molar-refractivity contribution in [1.82, 2.24) is 0 Å². The molecular formula is C10H16Na2O4. The third-order valence-electron chi connectivity index (χ3n) is 1.91. The fraction of sp³-hybridized carbons (Fsp3) is 0.600. The van der Waals surface area contributed by atoms with Gasteiger partial charge in [0.1, 0.15) is 0 Å². The molecular weight excluding hydrogens is 230 g/mol. The second-order valence-corrected chi connectivity index (χ2v) is 3.75. The molecule has 0 aliphatic rings. The summed E-state index contributed by atoms with van der Waals surface area (Å²) in [7, 11) is 0. The molecule has 0 heterocycles. The van der Waals surface area contributed by atoms with E-state index in [1.807, 2.05) is 0 Å². The Balaban J connectivity index is -0.000000845. The minimum absolute atomic E-state index is 0. The van der Waals surface area contributed by atoms with Crippen LogP contribution < -0.4 is 0 Å². The largest absolute Gasteiger partial charge is 0.478 e. The molecule has 0 aliphatic carbocycles. The molecule has 0 spiro atoms. The number of hydrogen-bond donors (Lipinski definition) is 2. The minimum atomic E-state index is -1.15. The van der Waals surface area contributed by atoms with E-state index < -0.39 is 11.9 Å². The Hall–Kier alpha value is 0.680. The normalized spacial score (nSPS) is 11.4. The number of carboxylic acids is 2. The third-order valence-corrected chi connectivity index (χ3v) is 1.91. The van der Waals surface area contributed by atoms with Crippen LogP contribution in [0, 0.1) is 11.8 Å². The molecule has 0 aliphatic heterocycles. The maximum atomic E-state index is 10.9. The van der Waals surface area contributed by atoms with Crippen LogP contribution in [-0.2, 0) is 9.59 Å². The molecule has 0 bridgehead atoms. The van der Waals surface area contributed by atoms with Gasteiger partial charge in [0.25, 0.3) is 0 Å². The zero-order valence-corrected chi connectivity index (χ0v) is 14.9. The van der Waals surface area contributed by atoms with Crippen LogP contribution in [-0.4, -0.2) is 81.3 Å². The molecule has 0 atom stereocenters. The summed E-state index contributed by atoms with van der Waals surface area (Å²) in [5.41, 5.74) is -0.0139. The SMILES string of the molecule is CC(C)/C(C(=O)O)=C(/C(=O)O)C(C)C.[Na].[Na]. The van der Waals surface area contributed by atoms with Gasteiger partial charge in [0.2, 0.25) is 0 Å². The average Bonchev–Trinajstić information content (AvgIpc) is 1.96. The van der Waals surface area contributed by atoms with Crippen LogP contribution >= 0.6 is 0 Å². The summed E-state index contributed by atoms with van der Waals surface area (Å²) in [5, 5.41) is 17.8. The first kappa shape index (κ1) is 21.9. The standard InChI is InChI=1S/C10H16O4.2Na/c1-5(2)7(9(11)12)8(6(3)4)10(13)14;;/h5-6H,1-4H3,(H,11,12)(H,13,14);;/b8-7-;;. The molecule has 4 nitrogen and oxygen atoms in total. The van der Waals surface area contributed by atoms with Crippen LogP contribution in [0.2, 0.25) is 0 Å². The van der Waals surface area contributed by atoms with Crippen molar-refractivity contribution in [2.45, 2.75) is 27.7 Å². The van der Waals surface area contributed by atoms with Crippen molar-refractivity contribution in [2.75, 3.05) is 0 Å². The van der Waals surface area contributed by atoms with E-state index in [0.29, 0.717) is 0 Å². The van der Waals surface area contributed by atoms with Gasteiger partial charge >= 0.3 is 11.9 Å². The molecule has 2 radical (unpaired) electrons. The predicted molar refractivity (Wildman–Crippen MR) is 63.5 cm³/mol. The van der Waals surface area contributed by atoms with Crippen LogP contribution in [0.1, 0.15) is 27.7 Å². The van der Waals surface area contributed by atoms with Crippen molar-refractivity contribution < 1.29 is 19.8 Å². The Morgan fingerprint density at radius 1 is 0.750 bits per heavy atom. The van der Waals surface area contributed by atoms with Gasteiger partial charge in [-0.2, -0.15) is 0 Å². The van der Waals surface area contributed by atoms with Crippen molar-refractivity contribution in [3.05, 3.63) is 11.1 Å². The minimum Gasteiger partial charge on any atom is -0.478 e. The summed E-state index contributed by atoms with van der Waals surface area (Å²) in [6, 6.07) is 0. The summed E-state index contributed by atoms with van der Waals surface area (Å²) in [5.74, 6) is -2.88. The molecule has 0 rings (SSSR count). The summed E-state index contributed by atoms with van der Waals surface area (Å²) in [4.78, 5) is 21.7. The van der Waals surface area contributed by atoms with Gasteiger partial charge in [-0.05, 0) is 11.8 Å². The second kappa shape index (κ2) is 9.68. The van der Waals surface area contributed by atoms with Crippen molar-refractivity contribution in [3.8, 4) is 0 Å². The summed E-state index contributed by atoms with van der Waals surface area (Å²) < 4.78 is 0. The van der Waals surface area contributed by atoms with Crippen molar-refractivity contribution >= 4 is 71.1 Å². The first-order chi connectivity index (χ1) is 6.29. The Labute approximate surface area is 140 Å². The van der Waals surface area contributed by atoms with Gasteiger partial charge in [0.05, 0.1) is 11.1 Å². The second-order valence-electron chi connectivity index (χ2n) is 3.75. The number of rotatable bonds is 4. The van der Waals surface area contributed by atoms with Crippen molar-refractivity contribution in [1.29, 1.82) is 0 Å². The number of carbonyl (C=O) groups is 2. The maximum absolute atomic E-state index is 10.9. The van der Waals surface area contributed by atoms with Crippen LogP contribution in [0.15, 0.2) is 11.1 Å². The topological polar surface area (TPSA) is 74.6 Å². The van der Waals surface area contributed by atoms with Gasteiger partial charge in [-0.3, -0.25) is 0 Å². The molecule has 0 aromatic heterocycles. The molecule has 16 heavy (non-hydrogen) atoms. The Kier molecular flexibility index (Phi) is 13.3. The van der Waals surface area contributed by atoms with E-state index in [-0.39, 0.29) is 82.1 Å². The van der Waals surface area contributed by atoms with Crippen molar-refractivity contribution in [3.63, 3.8) is 0 Å². The van der Waals surface area contributed by atoms with Crippen LogP contribution in [0.3, 0.4) is 0 Å². The monoisotopic (exact) mass is 246 g/mol. The van der Waals surface area contributed by atoms with E-state index in [4.69, 9.17) is 10.2 Å². The molecule has 0 aromatic rings. The van der Waals surface area contributed by atoms with Crippen LogP contribution in [0.25, 0.3) is 0 Å². The molecule has 0 saturated heterocycles. The summed E-state index contributed by atoms with van der Waals surface area (Å²) in [6.07, 6.45) is 0. The molecule has 0 fully saturated rings. The molecule has 6 heteroatoms. The number of aliphatic carboxylic acids is 2. The summed E-state index contributed by atoms with van der Waals surface area (Å²) >= 11 is 0. The first-order valence-electron chi connectivity index (χ1n) is 4.49. The number of hydrogen-bond acceptors (Lipinski definition) is 2. The van der Waals surface area contributed by atoms with E-state index in [9.17, 15) is 9.59 Å². The van der Waals surface area contributed by atoms with E-state index >= 15 is 0 Å². The Bertz CT molecular complexity index is 255. The molecule has 0 unspecified atom stereocenters. The smallest absolute Gasteiger partial charge is 0.332 e. The van der Waals surface area contributed by atoms with Gasteiger partial charge in [0, 0.05) is 59.1 Å². The fourth-order valence-electron chi connectivity index (χ4n) is 1.35. The zero-order chi connectivity index (χ0) is 11.5. The van der Waals surface area contributed by atoms with Gasteiger partial charge < -0.3 is 10.2 Å². The van der Waals surface area contributed by atoms with Crippen LogP contribution in [0.5, 0.6) is 0 Å². The molecule has 2 N–H and O–H groups in total. The van der Waals surface area contributed by atoms with Gasteiger partial charge in [-0.15, -0.1) is 0 Å². The van der Waals surface area contributed by atoms with E-state index in [1.165, 1.54) is 0 Å². The molecule has 82 valence electrons. The number of carboxylic acid groups (broad SMARTS) is 2. The Morgan fingerprint density at radius 3 is 1.00 bits per heavy atom. The zero-order valence-electron chi connectivity index (χ0n) is 10.9. The van der Waals surface area contributed by atoms with Crippen molar-refractivity contribution in [2.24, 2.45) is 11.8 Å². The van der Waals surface area contributed by atoms with Crippen LogP contribution in [0.4, 0.5) is 0 Å². The third kappa shape index (κ3) is 6.42. The predicted octanol–water partition coefficient (Wildman–Crippen LogP) is 1.00. The molecule has 0 aromatic carbocycles. The molecule has 0 amide bonds. The van der Waals surface area contributed by atoms with Gasteiger partial charge in [-0.1, -0.05) is 27.7 Å².